The van der Waals surface area contributed by atoms with Crippen molar-refractivity contribution in [3.63, 3.8) is 0 Å². The lowest BCUT2D eigenvalue weighted by molar-refractivity contribution is -0.113. The van der Waals surface area contributed by atoms with Crippen molar-refractivity contribution in [2.75, 3.05) is 6.61 Å². The lowest BCUT2D eigenvalue weighted by atomic mass is 9.80. The second kappa shape index (κ2) is 4.67. The Labute approximate surface area is 108 Å². The summed E-state index contributed by atoms with van der Waals surface area (Å²) < 4.78 is 7.77. The van der Waals surface area contributed by atoms with Crippen LogP contribution in [-0.2, 0) is 11.8 Å². The highest BCUT2D eigenvalue weighted by Crippen LogP contribution is 2.45. The van der Waals surface area contributed by atoms with E-state index in [-0.39, 0.29) is 11.7 Å². The van der Waals surface area contributed by atoms with Crippen molar-refractivity contribution < 1.29 is 9.84 Å². The highest BCUT2D eigenvalue weighted by Gasteiger charge is 2.42. The summed E-state index contributed by atoms with van der Waals surface area (Å²) in [6.45, 7) is 0.794. The summed E-state index contributed by atoms with van der Waals surface area (Å²) in [6.07, 6.45) is 10.2. The smallest absolute Gasteiger partial charge is 0.0850 e. The maximum Gasteiger partial charge on any atom is 0.0850 e. The Bertz CT molecular complexity index is 410. The van der Waals surface area contributed by atoms with Crippen molar-refractivity contribution in [2.45, 2.75) is 50.2 Å². The predicted molar refractivity (Wildman–Crippen MR) is 68.0 cm³/mol. The van der Waals surface area contributed by atoms with Crippen molar-refractivity contribution in [3.8, 4) is 0 Å². The van der Waals surface area contributed by atoms with Gasteiger partial charge in [-0.1, -0.05) is 12.8 Å². The van der Waals surface area contributed by atoms with E-state index in [1.807, 2.05) is 13.2 Å². The minimum atomic E-state index is -0.389. The molecule has 0 amide bonds. The van der Waals surface area contributed by atoms with Crippen LogP contribution in [0.1, 0.15) is 50.2 Å². The minimum Gasteiger partial charge on any atom is -0.388 e. The molecule has 4 heteroatoms. The summed E-state index contributed by atoms with van der Waals surface area (Å²) in [4.78, 5) is 0. The van der Waals surface area contributed by atoms with E-state index in [4.69, 9.17) is 4.74 Å². The van der Waals surface area contributed by atoms with Gasteiger partial charge in [-0.25, -0.2) is 0 Å². The van der Waals surface area contributed by atoms with Crippen LogP contribution in [0.4, 0.5) is 0 Å². The van der Waals surface area contributed by atoms with Crippen LogP contribution >= 0.6 is 0 Å². The van der Waals surface area contributed by atoms with Gasteiger partial charge in [-0.3, -0.25) is 4.68 Å². The topological polar surface area (TPSA) is 47.3 Å². The van der Waals surface area contributed by atoms with Gasteiger partial charge in [0.2, 0.25) is 0 Å². The zero-order valence-corrected chi connectivity index (χ0v) is 11.0. The number of nitrogens with zero attached hydrogens (tertiary/aromatic N) is 2. The van der Waals surface area contributed by atoms with Crippen molar-refractivity contribution in [3.05, 3.63) is 18.0 Å². The molecule has 0 radical (unpaired) electrons. The molecule has 3 rings (SSSR count). The van der Waals surface area contributed by atoms with E-state index >= 15 is 0 Å². The summed E-state index contributed by atoms with van der Waals surface area (Å²) in [5.74, 6) is 0.320. The van der Waals surface area contributed by atoms with Crippen LogP contribution in [-0.4, -0.2) is 27.1 Å². The quantitative estimate of drug-likeness (QED) is 0.875. The molecule has 1 N–H and O–H groups in total. The normalized spacial score (nSPS) is 28.7. The number of aliphatic hydroxyl groups is 1. The lowest BCUT2D eigenvalue weighted by Crippen LogP contribution is -2.39. The monoisotopic (exact) mass is 250 g/mol. The Kier molecular flexibility index (Phi) is 3.16. The summed E-state index contributed by atoms with van der Waals surface area (Å²) in [5.41, 5.74) is 1.02. The molecule has 1 aromatic rings. The third-order valence-corrected chi connectivity index (χ3v) is 4.56. The Balaban J connectivity index is 1.72. The van der Waals surface area contributed by atoms with Crippen molar-refractivity contribution in [1.29, 1.82) is 0 Å². The van der Waals surface area contributed by atoms with Gasteiger partial charge < -0.3 is 9.84 Å². The largest absolute Gasteiger partial charge is 0.388 e. The maximum atomic E-state index is 10.5. The molecule has 1 aliphatic carbocycles. The average molecular weight is 250 g/mol. The maximum absolute atomic E-state index is 10.5. The number of aryl methyl sites for hydroxylation is 1. The molecule has 2 aliphatic rings. The molecule has 0 aromatic carbocycles. The molecule has 4 nitrogen and oxygen atoms in total. The second-order valence-electron chi connectivity index (χ2n) is 5.88. The third kappa shape index (κ3) is 2.19. The lowest BCUT2D eigenvalue weighted by Gasteiger charge is -2.39. The molecule has 1 saturated carbocycles. The molecule has 1 aliphatic heterocycles. The molecule has 1 aromatic heterocycles. The number of hydrogen-bond acceptors (Lipinski definition) is 3. The molecule has 1 saturated heterocycles. The standard InChI is InChI=1S/C14H22N2O2/c1-16-10-12(9-15-16)13(17)11-4-7-18-14(8-11)5-2-3-6-14/h9-11,13,17H,2-8H2,1H3. The van der Waals surface area contributed by atoms with Gasteiger partial charge in [0.25, 0.3) is 0 Å². The molecule has 2 heterocycles. The summed E-state index contributed by atoms with van der Waals surface area (Å²) in [5, 5.41) is 14.6. The summed E-state index contributed by atoms with van der Waals surface area (Å²) in [7, 11) is 1.89. The molecule has 0 bridgehead atoms. The molecule has 2 fully saturated rings. The fourth-order valence-electron chi connectivity index (χ4n) is 3.57. The number of aromatic nitrogens is 2. The first kappa shape index (κ1) is 12.2. The molecule has 2 unspecified atom stereocenters. The predicted octanol–water partition coefficient (Wildman–Crippen LogP) is 2.19. The van der Waals surface area contributed by atoms with E-state index in [1.54, 1.807) is 10.9 Å². The Morgan fingerprint density at radius 1 is 1.50 bits per heavy atom. The minimum absolute atomic E-state index is 0.0755. The summed E-state index contributed by atoms with van der Waals surface area (Å²) in [6, 6.07) is 0. The van der Waals surface area contributed by atoms with E-state index in [9.17, 15) is 5.11 Å². The Morgan fingerprint density at radius 2 is 2.28 bits per heavy atom. The number of hydrogen-bond donors (Lipinski definition) is 1. The first-order valence-electron chi connectivity index (χ1n) is 6.99. The van der Waals surface area contributed by atoms with Gasteiger partial charge in [0.15, 0.2) is 0 Å². The van der Waals surface area contributed by atoms with Gasteiger partial charge in [0.05, 0.1) is 17.9 Å². The van der Waals surface area contributed by atoms with Crippen LogP contribution in [0, 0.1) is 5.92 Å². The van der Waals surface area contributed by atoms with Crippen LogP contribution in [0.5, 0.6) is 0 Å². The van der Waals surface area contributed by atoms with Crippen molar-refractivity contribution >= 4 is 0 Å². The van der Waals surface area contributed by atoms with Crippen LogP contribution in [0.15, 0.2) is 12.4 Å². The van der Waals surface area contributed by atoms with Gasteiger partial charge in [-0.05, 0) is 31.6 Å². The fraction of sp³-hybridized carbons (Fsp3) is 0.786. The second-order valence-corrected chi connectivity index (χ2v) is 5.88. The number of rotatable bonds is 2. The van der Waals surface area contributed by atoms with Gasteiger partial charge >= 0.3 is 0 Å². The highest BCUT2D eigenvalue weighted by atomic mass is 16.5. The van der Waals surface area contributed by atoms with E-state index in [0.717, 1.165) is 25.0 Å². The Morgan fingerprint density at radius 3 is 2.94 bits per heavy atom. The SMILES string of the molecule is Cn1cc(C(O)C2CCOC3(CCCC3)C2)cn1. The van der Waals surface area contributed by atoms with Crippen molar-refractivity contribution in [1.82, 2.24) is 9.78 Å². The van der Waals surface area contributed by atoms with E-state index < -0.39 is 0 Å². The van der Waals surface area contributed by atoms with Crippen LogP contribution in [0.3, 0.4) is 0 Å². The first-order chi connectivity index (χ1) is 8.69. The van der Waals surface area contributed by atoms with Gasteiger partial charge in [0.1, 0.15) is 0 Å². The van der Waals surface area contributed by atoms with Gasteiger partial charge in [0, 0.05) is 25.4 Å². The van der Waals surface area contributed by atoms with E-state index in [2.05, 4.69) is 5.10 Å². The molecule has 1 spiro atoms. The highest BCUT2D eigenvalue weighted by molar-refractivity contribution is 5.10. The Hall–Kier alpha value is -0.870. The van der Waals surface area contributed by atoms with Crippen molar-refractivity contribution in [2.24, 2.45) is 13.0 Å². The average Bonchev–Trinajstić information content (AvgIpc) is 2.98. The fourth-order valence-corrected chi connectivity index (χ4v) is 3.57. The molecule has 2 atom stereocenters. The number of aliphatic hydroxyl groups excluding tert-OH is 1. The van der Waals surface area contributed by atoms with Crippen LogP contribution < -0.4 is 0 Å². The molecule has 18 heavy (non-hydrogen) atoms. The molecular formula is C14H22N2O2. The van der Waals surface area contributed by atoms with Gasteiger partial charge in [-0.2, -0.15) is 5.10 Å². The molecular weight excluding hydrogens is 228 g/mol. The van der Waals surface area contributed by atoms with Gasteiger partial charge in [-0.15, -0.1) is 0 Å². The van der Waals surface area contributed by atoms with Crippen LogP contribution in [0.25, 0.3) is 0 Å². The first-order valence-corrected chi connectivity index (χ1v) is 6.99. The summed E-state index contributed by atoms with van der Waals surface area (Å²) >= 11 is 0. The molecule has 100 valence electrons. The van der Waals surface area contributed by atoms with E-state index in [0.29, 0.717) is 5.92 Å². The zero-order chi connectivity index (χ0) is 12.6. The number of ether oxygens (including phenoxy) is 1. The third-order valence-electron chi connectivity index (χ3n) is 4.56. The zero-order valence-electron chi connectivity index (χ0n) is 11.0. The van der Waals surface area contributed by atoms with Crippen LogP contribution in [0.2, 0.25) is 0 Å². The van der Waals surface area contributed by atoms with E-state index in [1.165, 1.54) is 25.7 Å².